The molecule has 2 aromatic heterocycles. The van der Waals surface area contributed by atoms with Gasteiger partial charge in [0.2, 0.25) is 0 Å². The van der Waals surface area contributed by atoms with E-state index >= 15 is 0 Å². The Kier molecular flexibility index (Phi) is 3.37. The van der Waals surface area contributed by atoms with Crippen molar-refractivity contribution in [3.05, 3.63) is 59.1 Å². The van der Waals surface area contributed by atoms with Gasteiger partial charge in [-0.2, -0.15) is 0 Å². The number of para-hydroxylation sites is 1. The van der Waals surface area contributed by atoms with Crippen molar-refractivity contribution in [2.75, 3.05) is 5.32 Å². The summed E-state index contributed by atoms with van der Waals surface area (Å²) >= 11 is 1.02. The third-order valence-electron chi connectivity index (χ3n) is 2.93. The summed E-state index contributed by atoms with van der Waals surface area (Å²) in [6, 6.07) is 12.1. The first-order valence-electron chi connectivity index (χ1n) is 6.13. The molecular formula is C15H10N2O3S. The predicted octanol–water partition coefficient (Wildman–Crippen LogP) is 3.25. The number of pyridine rings is 1. The Morgan fingerprint density at radius 1 is 1.10 bits per heavy atom. The topological polar surface area (TPSA) is 79.3 Å². The van der Waals surface area contributed by atoms with Crippen molar-refractivity contribution < 1.29 is 14.7 Å². The van der Waals surface area contributed by atoms with Crippen molar-refractivity contribution in [3.63, 3.8) is 0 Å². The lowest BCUT2D eigenvalue weighted by Crippen LogP contribution is -2.11. The van der Waals surface area contributed by atoms with E-state index in [0.717, 1.165) is 16.7 Å². The Morgan fingerprint density at radius 3 is 2.67 bits per heavy atom. The Morgan fingerprint density at radius 2 is 1.90 bits per heavy atom. The maximum atomic E-state index is 12.3. The second-order valence-electron chi connectivity index (χ2n) is 4.30. The Balaban J connectivity index is 1.91. The maximum Gasteiger partial charge on any atom is 0.345 e. The van der Waals surface area contributed by atoms with Crippen molar-refractivity contribution >= 4 is 39.1 Å². The van der Waals surface area contributed by atoms with Crippen molar-refractivity contribution in [1.82, 2.24) is 4.98 Å². The van der Waals surface area contributed by atoms with E-state index in [1.807, 2.05) is 18.2 Å². The quantitative estimate of drug-likeness (QED) is 0.778. The van der Waals surface area contributed by atoms with Crippen molar-refractivity contribution in [2.45, 2.75) is 0 Å². The first-order chi connectivity index (χ1) is 10.1. The van der Waals surface area contributed by atoms with E-state index in [0.29, 0.717) is 16.1 Å². The minimum Gasteiger partial charge on any atom is -0.477 e. The molecule has 0 aliphatic rings. The van der Waals surface area contributed by atoms with Gasteiger partial charge in [0.1, 0.15) is 4.88 Å². The second kappa shape index (κ2) is 5.34. The highest BCUT2D eigenvalue weighted by Crippen LogP contribution is 2.23. The molecule has 0 aliphatic heterocycles. The lowest BCUT2D eigenvalue weighted by atomic mass is 10.1. The van der Waals surface area contributed by atoms with E-state index in [-0.39, 0.29) is 10.8 Å². The van der Waals surface area contributed by atoms with E-state index in [4.69, 9.17) is 5.11 Å². The number of amides is 1. The minimum atomic E-state index is -1.01. The number of carboxylic acids is 1. The largest absolute Gasteiger partial charge is 0.477 e. The van der Waals surface area contributed by atoms with Crippen LogP contribution >= 0.6 is 11.3 Å². The number of hydrogen-bond acceptors (Lipinski definition) is 4. The lowest BCUT2D eigenvalue weighted by molar-refractivity contribution is 0.0702. The van der Waals surface area contributed by atoms with Gasteiger partial charge in [0.15, 0.2) is 0 Å². The van der Waals surface area contributed by atoms with Crippen LogP contribution < -0.4 is 5.32 Å². The summed E-state index contributed by atoms with van der Waals surface area (Å²) in [5.41, 5.74) is 1.07. The number of carboxylic acid groups (broad SMARTS) is 1. The van der Waals surface area contributed by atoms with E-state index < -0.39 is 5.97 Å². The van der Waals surface area contributed by atoms with Gasteiger partial charge in [-0.25, -0.2) is 4.79 Å². The summed E-state index contributed by atoms with van der Waals surface area (Å²) in [5.74, 6) is -1.31. The monoisotopic (exact) mass is 298 g/mol. The van der Waals surface area contributed by atoms with Crippen LogP contribution in [0.3, 0.4) is 0 Å². The van der Waals surface area contributed by atoms with Crippen LogP contribution in [0.4, 0.5) is 5.00 Å². The summed E-state index contributed by atoms with van der Waals surface area (Å²) in [4.78, 5) is 27.6. The van der Waals surface area contributed by atoms with Gasteiger partial charge in [-0.1, -0.05) is 18.2 Å². The van der Waals surface area contributed by atoms with Crippen LogP contribution in [0.15, 0.2) is 48.7 Å². The molecule has 0 bridgehead atoms. The predicted molar refractivity (Wildman–Crippen MR) is 81.0 cm³/mol. The Bertz CT molecular complexity index is 836. The van der Waals surface area contributed by atoms with Gasteiger partial charge in [0.05, 0.1) is 16.1 Å². The normalized spacial score (nSPS) is 10.5. The molecule has 0 aliphatic carbocycles. The Labute approximate surface area is 123 Å². The van der Waals surface area contributed by atoms with Gasteiger partial charge in [-0.3, -0.25) is 9.78 Å². The SMILES string of the molecule is O=C(O)c1ccc(NC(=O)c2cccc3cccnc23)s1. The number of hydrogen-bond donors (Lipinski definition) is 2. The fraction of sp³-hybridized carbons (Fsp3) is 0. The number of carbonyl (C=O) groups excluding carboxylic acids is 1. The summed E-state index contributed by atoms with van der Waals surface area (Å²) in [7, 11) is 0. The standard InChI is InChI=1S/C15H10N2O3S/c18-14(17-12-7-6-11(21-12)15(19)20)10-5-1-3-9-4-2-8-16-13(9)10/h1-8H,(H,17,18)(H,19,20). The van der Waals surface area contributed by atoms with Gasteiger partial charge in [-0.15, -0.1) is 11.3 Å². The van der Waals surface area contributed by atoms with Crippen molar-refractivity contribution in [2.24, 2.45) is 0 Å². The van der Waals surface area contributed by atoms with Gasteiger partial charge < -0.3 is 10.4 Å². The molecule has 3 aromatic rings. The highest BCUT2D eigenvalue weighted by Gasteiger charge is 2.13. The second-order valence-corrected chi connectivity index (χ2v) is 5.39. The molecule has 5 nitrogen and oxygen atoms in total. The van der Waals surface area contributed by atoms with Crippen LogP contribution in [0.2, 0.25) is 0 Å². The number of aromatic carboxylic acids is 1. The Hall–Kier alpha value is -2.73. The van der Waals surface area contributed by atoms with Crippen molar-refractivity contribution in [1.29, 1.82) is 0 Å². The van der Waals surface area contributed by atoms with E-state index in [1.165, 1.54) is 6.07 Å². The average Bonchev–Trinajstić information content (AvgIpc) is 2.95. The van der Waals surface area contributed by atoms with Gasteiger partial charge >= 0.3 is 5.97 Å². The molecule has 3 rings (SSSR count). The molecule has 0 radical (unpaired) electrons. The summed E-state index contributed by atoms with van der Waals surface area (Å²) in [6.45, 7) is 0. The highest BCUT2D eigenvalue weighted by molar-refractivity contribution is 7.18. The maximum absolute atomic E-state index is 12.3. The molecule has 0 atom stereocenters. The number of benzene rings is 1. The van der Waals surface area contributed by atoms with Crippen LogP contribution in [0.1, 0.15) is 20.0 Å². The molecule has 0 unspecified atom stereocenters. The number of aromatic nitrogens is 1. The smallest absolute Gasteiger partial charge is 0.345 e. The lowest BCUT2D eigenvalue weighted by Gasteiger charge is -2.05. The third-order valence-corrected chi connectivity index (χ3v) is 3.92. The fourth-order valence-corrected chi connectivity index (χ4v) is 2.73. The van der Waals surface area contributed by atoms with Crippen LogP contribution in [-0.4, -0.2) is 22.0 Å². The van der Waals surface area contributed by atoms with Crippen LogP contribution in [0.5, 0.6) is 0 Å². The van der Waals surface area contributed by atoms with Crippen molar-refractivity contribution in [3.8, 4) is 0 Å². The van der Waals surface area contributed by atoms with Gasteiger partial charge in [0, 0.05) is 11.6 Å². The van der Waals surface area contributed by atoms with Gasteiger partial charge in [-0.05, 0) is 24.3 Å². The molecule has 104 valence electrons. The first kappa shape index (κ1) is 13.3. The molecular weight excluding hydrogens is 288 g/mol. The van der Waals surface area contributed by atoms with E-state index in [2.05, 4.69) is 10.3 Å². The summed E-state index contributed by atoms with van der Waals surface area (Å²) < 4.78 is 0. The van der Waals surface area contributed by atoms with Crippen LogP contribution in [0, 0.1) is 0 Å². The van der Waals surface area contributed by atoms with Gasteiger partial charge in [0.25, 0.3) is 5.91 Å². The van der Waals surface area contributed by atoms with Crippen LogP contribution in [-0.2, 0) is 0 Å². The molecule has 21 heavy (non-hydrogen) atoms. The first-order valence-corrected chi connectivity index (χ1v) is 6.95. The zero-order chi connectivity index (χ0) is 14.8. The minimum absolute atomic E-state index is 0.182. The number of nitrogens with zero attached hydrogens (tertiary/aromatic N) is 1. The van der Waals surface area contributed by atoms with Crippen LogP contribution in [0.25, 0.3) is 10.9 Å². The molecule has 0 saturated heterocycles. The number of carbonyl (C=O) groups is 2. The number of rotatable bonds is 3. The summed E-state index contributed by atoms with van der Waals surface area (Å²) in [6.07, 6.45) is 1.63. The average molecular weight is 298 g/mol. The zero-order valence-corrected chi connectivity index (χ0v) is 11.6. The van der Waals surface area contributed by atoms with E-state index in [1.54, 1.807) is 24.4 Å². The molecule has 2 heterocycles. The molecule has 0 saturated carbocycles. The summed E-state index contributed by atoms with van der Waals surface area (Å²) in [5, 5.41) is 12.9. The zero-order valence-electron chi connectivity index (χ0n) is 10.7. The molecule has 1 aromatic carbocycles. The molecule has 1 amide bonds. The number of thiophene rings is 1. The number of nitrogens with one attached hydrogen (secondary N) is 1. The highest BCUT2D eigenvalue weighted by atomic mass is 32.1. The van der Waals surface area contributed by atoms with E-state index in [9.17, 15) is 9.59 Å². The third kappa shape index (κ3) is 2.61. The molecule has 6 heteroatoms. The number of fused-ring (bicyclic) bond motifs is 1. The molecule has 2 N–H and O–H groups in total. The number of anilines is 1. The molecule has 0 spiro atoms. The fourth-order valence-electron chi connectivity index (χ4n) is 1.99. The molecule has 0 fully saturated rings.